The zero-order valence-electron chi connectivity index (χ0n) is 11.7. The number of rotatable bonds is 8. The Balaban J connectivity index is 2.44. The lowest BCUT2D eigenvalue weighted by Crippen LogP contribution is -2.54. The highest BCUT2D eigenvalue weighted by Crippen LogP contribution is 2.38. The van der Waals surface area contributed by atoms with E-state index in [0.717, 1.165) is 6.42 Å². The van der Waals surface area contributed by atoms with Gasteiger partial charge in [0.15, 0.2) is 0 Å². The average molecular weight is 259 g/mol. The molecule has 3 heteroatoms. The zero-order chi connectivity index (χ0) is 12.7. The van der Waals surface area contributed by atoms with Crippen LogP contribution in [-0.4, -0.2) is 34.8 Å². The van der Waals surface area contributed by atoms with Crippen LogP contribution in [0.3, 0.4) is 0 Å². The molecule has 0 aliphatic heterocycles. The Hall–Kier alpha value is 0.270. The van der Waals surface area contributed by atoms with Crippen LogP contribution in [0.1, 0.15) is 52.9 Å². The monoisotopic (exact) mass is 259 g/mol. The molecule has 0 aromatic heterocycles. The molecule has 0 bridgehead atoms. The second-order valence-electron chi connectivity index (χ2n) is 5.60. The maximum absolute atomic E-state index is 9.77. The largest absolute Gasteiger partial charge is 0.394 e. The highest BCUT2D eigenvalue weighted by molar-refractivity contribution is 7.99. The normalized spacial score (nSPS) is 29.1. The highest BCUT2D eigenvalue weighted by Gasteiger charge is 2.41. The van der Waals surface area contributed by atoms with E-state index >= 15 is 0 Å². The minimum absolute atomic E-state index is 0.0148. The Morgan fingerprint density at radius 2 is 2.18 bits per heavy atom. The first kappa shape index (κ1) is 15.3. The van der Waals surface area contributed by atoms with Gasteiger partial charge < -0.3 is 10.4 Å². The lowest BCUT2D eigenvalue weighted by atomic mass is 9.85. The third-order valence-corrected chi connectivity index (χ3v) is 5.00. The third-order valence-electron chi connectivity index (χ3n) is 3.77. The molecule has 0 saturated heterocycles. The first-order valence-electron chi connectivity index (χ1n) is 7.11. The molecule has 102 valence electrons. The van der Waals surface area contributed by atoms with Crippen molar-refractivity contribution in [1.82, 2.24) is 5.32 Å². The summed E-state index contributed by atoms with van der Waals surface area (Å²) in [7, 11) is 0. The van der Waals surface area contributed by atoms with Crippen LogP contribution >= 0.6 is 11.8 Å². The minimum Gasteiger partial charge on any atom is -0.394 e. The summed E-state index contributed by atoms with van der Waals surface area (Å²) in [6.07, 6.45) is 6.22. The van der Waals surface area contributed by atoms with Crippen LogP contribution in [0.15, 0.2) is 0 Å². The van der Waals surface area contributed by atoms with E-state index in [9.17, 15) is 5.11 Å². The summed E-state index contributed by atoms with van der Waals surface area (Å²) in [5, 5.41) is 13.4. The molecule has 2 atom stereocenters. The molecule has 0 heterocycles. The molecule has 1 saturated carbocycles. The van der Waals surface area contributed by atoms with Gasteiger partial charge in [-0.25, -0.2) is 0 Å². The quantitative estimate of drug-likeness (QED) is 0.657. The van der Waals surface area contributed by atoms with Crippen molar-refractivity contribution in [3.05, 3.63) is 0 Å². The molecule has 2 nitrogen and oxygen atoms in total. The number of hydrogen-bond acceptors (Lipinski definition) is 3. The average Bonchev–Trinajstić information content (AvgIpc) is 2.67. The number of aliphatic hydroxyl groups excluding tert-OH is 1. The van der Waals surface area contributed by atoms with Crippen LogP contribution in [0, 0.1) is 5.92 Å². The molecule has 0 aromatic carbocycles. The fourth-order valence-corrected chi connectivity index (χ4v) is 4.00. The van der Waals surface area contributed by atoms with Crippen molar-refractivity contribution in [1.29, 1.82) is 0 Å². The summed E-state index contributed by atoms with van der Waals surface area (Å²) in [6.45, 7) is 6.90. The van der Waals surface area contributed by atoms with Gasteiger partial charge in [0.25, 0.3) is 0 Å². The van der Waals surface area contributed by atoms with Crippen LogP contribution in [0.25, 0.3) is 0 Å². The second kappa shape index (κ2) is 7.65. The molecule has 0 aromatic rings. The molecule has 1 aliphatic rings. The summed E-state index contributed by atoms with van der Waals surface area (Å²) in [6, 6.07) is 0.464. The van der Waals surface area contributed by atoms with Crippen molar-refractivity contribution in [3.8, 4) is 0 Å². The van der Waals surface area contributed by atoms with Gasteiger partial charge in [-0.2, -0.15) is 11.8 Å². The summed E-state index contributed by atoms with van der Waals surface area (Å²) in [5.74, 6) is 3.19. The fraction of sp³-hybridized carbons (Fsp3) is 1.00. The molecule has 2 unspecified atom stereocenters. The van der Waals surface area contributed by atoms with E-state index in [-0.39, 0.29) is 5.54 Å². The molecular formula is C14H29NOS. The summed E-state index contributed by atoms with van der Waals surface area (Å²) < 4.78 is 0. The Labute approximate surface area is 111 Å². The minimum atomic E-state index is 0.0148. The fourth-order valence-electron chi connectivity index (χ4n) is 3.06. The Morgan fingerprint density at radius 1 is 1.41 bits per heavy atom. The summed E-state index contributed by atoms with van der Waals surface area (Å²) >= 11 is 2.06. The van der Waals surface area contributed by atoms with Crippen molar-refractivity contribution in [2.45, 2.75) is 64.5 Å². The molecule has 17 heavy (non-hydrogen) atoms. The van der Waals surface area contributed by atoms with Crippen LogP contribution < -0.4 is 5.32 Å². The van der Waals surface area contributed by atoms with Crippen molar-refractivity contribution in [2.24, 2.45) is 5.92 Å². The number of nitrogens with one attached hydrogen (secondary N) is 1. The van der Waals surface area contributed by atoms with Crippen LogP contribution in [0.2, 0.25) is 0 Å². The number of aliphatic hydroxyl groups is 1. The first-order valence-corrected chi connectivity index (χ1v) is 8.26. The summed E-state index contributed by atoms with van der Waals surface area (Å²) in [4.78, 5) is 0. The molecular weight excluding hydrogens is 230 g/mol. The SMILES string of the molecule is CCCSCCC1CCCC1(CO)NC(C)C. The van der Waals surface area contributed by atoms with Gasteiger partial charge in [0.1, 0.15) is 0 Å². The van der Waals surface area contributed by atoms with E-state index < -0.39 is 0 Å². The molecule has 0 radical (unpaired) electrons. The Morgan fingerprint density at radius 3 is 2.76 bits per heavy atom. The molecule has 1 fully saturated rings. The molecule has 0 spiro atoms. The topological polar surface area (TPSA) is 32.3 Å². The molecule has 0 amide bonds. The standard InChI is InChI=1S/C14H29NOS/c1-4-9-17-10-7-13-6-5-8-14(13,11-16)15-12(2)3/h12-13,15-16H,4-11H2,1-3H3. The summed E-state index contributed by atoms with van der Waals surface area (Å²) in [5.41, 5.74) is 0.0148. The van der Waals surface area contributed by atoms with Crippen molar-refractivity contribution < 1.29 is 5.11 Å². The molecule has 2 N–H and O–H groups in total. The van der Waals surface area contributed by atoms with Gasteiger partial charge in [-0.3, -0.25) is 0 Å². The molecule has 1 aliphatic carbocycles. The second-order valence-corrected chi connectivity index (χ2v) is 6.83. The van der Waals surface area contributed by atoms with E-state index in [2.05, 4.69) is 37.8 Å². The third kappa shape index (κ3) is 4.46. The van der Waals surface area contributed by atoms with Crippen LogP contribution in [-0.2, 0) is 0 Å². The lowest BCUT2D eigenvalue weighted by Gasteiger charge is -2.37. The van der Waals surface area contributed by atoms with Gasteiger partial charge in [0, 0.05) is 11.6 Å². The lowest BCUT2D eigenvalue weighted by molar-refractivity contribution is 0.113. The molecule has 1 rings (SSSR count). The van der Waals surface area contributed by atoms with Gasteiger partial charge in [-0.05, 0) is 43.1 Å². The van der Waals surface area contributed by atoms with Gasteiger partial charge in [0.05, 0.1) is 6.61 Å². The van der Waals surface area contributed by atoms with E-state index in [1.807, 2.05) is 0 Å². The number of hydrogen-bond donors (Lipinski definition) is 2. The Kier molecular flexibility index (Phi) is 6.90. The van der Waals surface area contributed by atoms with Crippen molar-refractivity contribution in [3.63, 3.8) is 0 Å². The Bertz CT molecular complexity index is 210. The van der Waals surface area contributed by atoms with Gasteiger partial charge in [0.2, 0.25) is 0 Å². The van der Waals surface area contributed by atoms with Gasteiger partial charge in [-0.15, -0.1) is 0 Å². The smallest absolute Gasteiger partial charge is 0.0616 e. The van der Waals surface area contributed by atoms with Crippen LogP contribution in [0.5, 0.6) is 0 Å². The van der Waals surface area contributed by atoms with Gasteiger partial charge in [-0.1, -0.05) is 27.2 Å². The zero-order valence-corrected chi connectivity index (χ0v) is 12.5. The van der Waals surface area contributed by atoms with Gasteiger partial charge >= 0.3 is 0 Å². The predicted octanol–water partition coefficient (Wildman–Crippen LogP) is 3.05. The van der Waals surface area contributed by atoms with Crippen LogP contribution in [0.4, 0.5) is 0 Å². The van der Waals surface area contributed by atoms with E-state index in [1.165, 1.54) is 37.2 Å². The first-order chi connectivity index (χ1) is 8.14. The van der Waals surface area contributed by atoms with Crippen molar-refractivity contribution in [2.75, 3.05) is 18.1 Å². The van der Waals surface area contributed by atoms with E-state index in [4.69, 9.17) is 0 Å². The highest BCUT2D eigenvalue weighted by atomic mass is 32.2. The number of thioether (sulfide) groups is 1. The van der Waals surface area contributed by atoms with E-state index in [0.29, 0.717) is 18.6 Å². The van der Waals surface area contributed by atoms with Crippen molar-refractivity contribution >= 4 is 11.8 Å². The maximum atomic E-state index is 9.77. The van der Waals surface area contributed by atoms with E-state index in [1.54, 1.807) is 0 Å². The maximum Gasteiger partial charge on any atom is 0.0616 e. The predicted molar refractivity (Wildman–Crippen MR) is 77.7 cm³/mol.